The number of carboxylic acid groups (broad SMARTS) is 1. The molecule has 7 nitrogen and oxygen atoms in total. The highest BCUT2D eigenvalue weighted by Crippen LogP contribution is 2.24. The number of nitrogens with zero attached hydrogens (tertiary/aromatic N) is 3. The number of morpholine rings is 1. The Hall–Kier alpha value is -2.16. The van der Waals surface area contributed by atoms with Gasteiger partial charge in [-0.25, -0.2) is 9.97 Å². The Morgan fingerprint density at radius 2 is 2.00 bits per heavy atom. The largest absolute Gasteiger partial charge is 0.545 e. The molecule has 138 valence electrons. The van der Waals surface area contributed by atoms with Gasteiger partial charge in [0.15, 0.2) is 5.16 Å². The third-order valence-corrected chi connectivity index (χ3v) is 4.85. The summed E-state index contributed by atoms with van der Waals surface area (Å²) in [7, 11) is 1.64. The van der Waals surface area contributed by atoms with E-state index in [-0.39, 0.29) is 5.56 Å². The molecule has 0 bridgehead atoms. The number of carbonyl (C=O) groups is 1. The Morgan fingerprint density at radius 3 is 2.65 bits per heavy atom. The molecule has 0 saturated carbocycles. The Kier molecular flexibility index (Phi) is 6.43. The van der Waals surface area contributed by atoms with Gasteiger partial charge in [0.2, 0.25) is 0 Å². The number of carboxylic acids is 1. The minimum atomic E-state index is -1.17. The highest BCUT2D eigenvalue weighted by atomic mass is 32.2. The summed E-state index contributed by atoms with van der Waals surface area (Å²) in [6.07, 6.45) is 0. The number of hydrogen-bond acceptors (Lipinski definition) is 8. The predicted molar refractivity (Wildman–Crippen MR) is 96.1 cm³/mol. The molecule has 2 aromatic rings. The predicted octanol–water partition coefficient (Wildman–Crippen LogP) is 1.12. The molecule has 1 aliphatic heterocycles. The van der Waals surface area contributed by atoms with E-state index >= 15 is 0 Å². The van der Waals surface area contributed by atoms with Crippen LogP contribution in [-0.2, 0) is 21.8 Å². The van der Waals surface area contributed by atoms with Gasteiger partial charge in [-0.05, 0) is 11.1 Å². The van der Waals surface area contributed by atoms with Crippen LogP contribution in [-0.4, -0.2) is 49.4 Å². The number of anilines is 1. The first-order valence-electron chi connectivity index (χ1n) is 8.28. The van der Waals surface area contributed by atoms with Crippen molar-refractivity contribution in [2.75, 3.05) is 38.3 Å². The molecule has 0 radical (unpaired) electrons. The number of carbonyl (C=O) groups excluding carboxylic acids is 1. The van der Waals surface area contributed by atoms with E-state index in [1.807, 2.05) is 6.07 Å². The zero-order valence-electron chi connectivity index (χ0n) is 14.5. The first kappa shape index (κ1) is 18.6. The van der Waals surface area contributed by atoms with Crippen molar-refractivity contribution in [3.8, 4) is 0 Å². The molecular formula is C18H20N3O4S-. The van der Waals surface area contributed by atoms with Gasteiger partial charge in [-0.3, -0.25) is 0 Å². The smallest absolute Gasteiger partial charge is 0.190 e. The van der Waals surface area contributed by atoms with Crippen LogP contribution in [0.3, 0.4) is 0 Å². The maximum atomic E-state index is 10.8. The van der Waals surface area contributed by atoms with Crippen LogP contribution in [0, 0.1) is 0 Å². The molecule has 2 heterocycles. The van der Waals surface area contributed by atoms with Gasteiger partial charge in [0.05, 0.1) is 31.5 Å². The van der Waals surface area contributed by atoms with Crippen molar-refractivity contribution in [3.63, 3.8) is 0 Å². The second-order valence-electron chi connectivity index (χ2n) is 5.81. The second kappa shape index (κ2) is 8.98. The highest BCUT2D eigenvalue weighted by molar-refractivity contribution is 7.98. The van der Waals surface area contributed by atoms with E-state index in [1.165, 1.54) is 11.8 Å². The molecule has 0 N–H and O–H groups in total. The Bertz CT molecular complexity index is 749. The lowest BCUT2D eigenvalue weighted by Gasteiger charge is -2.28. The Balaban J connectivity index is 1.73. The summed E-state index contributed by atoms with van der Waals surface area (Å²) in [5.41, 5.74) is 2.00. The van der Waals surface area contributed by atoms with Crippen LogP contribution < -0.4 is 10.0 Å². The van der Waals surface area contributed by atoms with Crippen LogP contribution in [0.2, 0.25) is 0 Å². The van der Waals surface area contributed by atoms with Crippen molar-refractivity contribution >= 4 is 23.5 Å². The summed E-state index contributed by atoms with van der Waals surface area (Å²) in [4.78, 5) is 22.2. The average Bonchev–Trinajstić information content (AvgIpc) is 2.67. The van der Waals surface area contributed by atoms with Crippen LogP contribution in [0.15, 0.2) is 35.5 Å². The van der Waals surface area contributed by atoms with E-state index in [4.69, 9.17) is 9.47 Å². The van der Waals surface area contributed by atoms with Crippen molar-refractivity contribution in [3.05, 3.63) is 47.2 Å². The number of methoxy groups -OCH3 is 1. The molecule has 0 unspecified atom stereocenters. The Morgan fingerprint density at radius 1 is 1.27 bits per heavy atom. The van der Waals surface area contributed by atoms with Gasteiger partial charge in [0.25, 0.3) is 0 Å². The monoisotopic (exact) mass is 374 g/mol. The maximum Gasteiger partial charge on any atom is 0.190 e. The molecule has 1 aromatic carbocycles. The topological polar surface area (TPSA) is 87.6 Å². The molecule has 3 rings (SSSR count). The zero-order valence-corrected chi connectivity index (χ0v) is 15.3. The first-order chi connectivity index (χ1) is 12.7. The quantitative estimate of drug-likeness (QED) is 0.526. The van der Waals surface area contributed by atoms with Gasteiger partial charge in [-0.1, -0.05) is 36.0 Å². The lowest BCUT2D eigenvalue weighted by atomic mass is 10.1. The van der Waals surface area contributed by atoms with Crippen LogP contribution in [0.4, 0.5) is 5.82 Å². The number of ether oxygens (including phenoxy) is 2. The molecule has 1 aliphatic rings. The number of hydrogen-bond donors (Lipinski definition) is 0. The molecule has 0 atom stereocenters. The number of benzene rings is 1. The van der Waals surface area contributed by atoms with Crippen molar-refractivity contribution in [1.82, 2.24) is 9.97 Å². The van der Waals surface area contributed by atoms with E-state index in [1.54, 1.807) is 31.4 Å². The first-order valence-corrected chi connectivity index (χ1v) is 9.27. The number of aromatic nitrogens is 2. The van der Waals surface area contributed by atoms with Gasteiger partial charge < -0.3 is 24.3 Å². The van der Waals surface area contributed by atoms with E-state index in [0.29, 0.717) is 30.7 Å². The zero-order chi connectivity index (χ0) is 18.4. The van der Waals surface area contributed by atoms with Crippen molar-refractivity contribution in [2.24, 2.45) is 0 Å². The summed E-state index contributed by atoms with van der Waals surface area (Å²) in [6.45, 7) is 3.41. The van der Waals surface area contributed by atoms with E-state index in [0.717, 1.165) is 30.2 Å². The van der Waals surface area contributed by atoms with E-state index in [2.05, 4.69) is 14.9 Å². The van der Waals surface area contributed by atoms with Crippen LogP contribution >= 0.6 is 11.8 Å². The van der Waals surface area contributed by atoms with Gasteiger partial charge in [-0.2, -0.15) is 0 Å². The Labute approximate surface area is 156 Å². The van der Waals surface area contributed by atoms with Crippen molar-refractivity contribution < 1.29 is 19.4 Å². The lowest BCUT2D eigenvalue weighted by Crippen LogP contribution is -2.37. The van der Waals surface area contributed by atoms with Crippen molar-refractivity contribution in [2.45, 2.75) is 17.5 Å². The SMILES string of the molecule is COCc1cc(N2CCOCC2)nc(SCc2ccc(C(=O)[O-])cc2)n1. The molecule has 0 aliphatic carbocycles. The average molecular weight is 374 g/mol. The fourth-order valence-electron chi connectivity index (χ4n) is 2.59. The maximum absolute atomic E-state index is 10.8. The van der Waals surface area contributed by atoms with E-state index < -0.39 is 5.97 Å². The second-order valence-corrected chi connectivity index (χ2v) is 6.75. The molecule has 1 fully saturated rings. The third-order valence-electron chi connectivity index (χ3n) is 3.93. The van der Waals surface area contributed by atoms with Crippen LogP contribution in [0.5, 0.6) is 0 Å². The summed E-state index contributed by atoms with van der Waals surface area (Å²) < 4.78 is 10.6. The molecule has 8 heteroatoms. The van der Waals surface area contributed by atoms with Crippen LogP contribution in [0.1, 0.15) is 21.6 Å². The summed E-state index contributed by atoms with van der Waals surface area (Å²) >= 11 is 1.51. The minimum Gasteiger partial charge on any atom is -0.545 e. The highest BCUT2D eigenvalue weighted by Gasteiger charge is 2.15. The van der Waals surface area contributed by atoms with E-state index in [9.17, 15) is 9.90 Å². The number of aromatic carboxylic acids is 1. The molecule has 1 aromatic heterocycles. The minimum absolute atomic E-state index is 0.173. The molecule has 1 saturated heterocycles. The summed E-state index contributed by atoms with van der Waals surface area (Å²) in [6, 6.07) is 8.60. The normalized spacial score (nSPS) is 14.4. The van der Waals surface area contributed by atoms with Gasteiger partial charge in [0.1, 0.15) is 5.82 Å². The standard InChI is InChI=1S/C18H21N3O4S/c1-24-11-15-10-16(21-6-8-25-9-7-21)20-18(19-15)26-12-13-2-4-14(5-3-13)17(22)23/h2-5,10H,6-9,11-12H2,1H3,(H,22,23)/p-1. The molecular weight excluding hydrogens is 354 g/mol. The lowest BCUT2D eigenvalue weighted by molar-refractivity contribution is -0.255. The number of thioether (sulfide) groups is 1. The van der Waals surface area contributed by atoms with Gasteiger partial charge in [0, 0.05) is 32.0 Å². The summed E-state index contributed by atoms with van der Waals surface area (Å²) in [5, 5.41) is 11.5. The van der Waals surface area contributed by atoms with Crippen LogP contribution in [0.25, 0.3) is 0 Å². The third kappa shape index (κ3) is 4.94. The number of rotatable bonds is 7. The molecule has 0 spiro atoms. The van der Waals surface area contributed by atoms with Crippen molar-refractivity contribution in [1.29, 1.82) is 0 Å². The van der Waals surface area contributed by atoms with Gasteiger partial charge in [-0.15, -0.1) is 0 Å². The fourth-order valence-corrected chi connectivity index (χ4v) is 3.41. The molecule has 0 amide bonds. The fraction of sp³-hybridized carbons (Fsp3) is 0.389. The van der Waals surface area contributed by atoms with Gasteiger partial charge >= 0.3 is 0 Å². The summed E-state index contributed by atoms with van der Waals surface area (Å²) in [5.74, 6) is 0.354. The molecule has 26 heavy (non-hydrogen) atoms.